The average molecular weight is 286 g/mol. The zero-order valence-electron chi connectivity index (χ0n) is 11.4. The molecule has 108 valence electrons. The summed E-state index contributed by atoms with van der Waals surface area (Å²) in [5, 5.41) is 10.0. The highest BCUT2D eigenvalue weighted by molar-refractivity contribution is 6.01. The second kappa shape index (κ2) is 5.66. The minimum atomic E-state index is -1.04. The molecule has 2 aromatic carbocycles. The van der Waals surface area contributed by atoms with Gasteiger partial charge in [0.05, 0.1) is 0 Å². The smallest absolute Gasteiger partial charge is 0.163 e. The second-order valence-electron chi connectivity index (χ2n) is 5.05. The number of carbonyl (C=O) groups is 1. The second-order valence-corrected chi connectivity index (χ2v) is 5.05. The van der Waals surface area contributed by atoms with Gasteiger partial charge in [0.1, 0.15) is 24.3 Å². The zero-order chi connectivity index (χ0) is 14.8. The molecule has 0 bridgehead atoms. The summed E-state index contributed by atoms with van der Waals surface area (Å²) in [5.41, 5.74) is 1.78. The van der Waals surface area contributed by atoms with E-state index in [-0.39, 0.29) is 18.0 Å². The van der Waals surface area contributed by atoms with E-state index in [0.29, 0.717) is 24.2 Å². The molecular weight excluding hydrogens is 271 g/mol. The third kappa shape index (κ3) is 2.67. The van der Waals surface area contributed by atoms with E-state index >= 15 is 0 Å². The van der Waals surface area contributed by atoms with E-state index in [1.54, 1.807) is 30.3 Å². The van der Waals surface area contributed by atoms with Crippen LogP contribution >= 0.6 is 0 Å². The minimum Gasteiger partial charge on any atom is -0.490 e. The van der Waals surface area contributed by atoms with Gasteiger partial charge in [0.15, 0.2) is 5.78 Å². The molecular formula is C17H15FO3. The molecule has 0 fully saturated rings. The van der Waals surface area contributed by atoms with Gasteiger partial charge in [-0.15, -0.1) is 0 Å². The Bertz CT molecular complexity index is 681. The SMILES string of the molecule is O=C1CCc2c(OC[C@H](O)c3ccccc3F)cccc21. The summed E-state index contributed by atoms with van der Waals surface area (Å²) < 4.78 is 19.2. The number of ketones is 1. The fourth-order valence-electron chi connectivity index (χ4n) is 2.60. The minimum absolute atomic E-state index is 0.0500. The Morgan fingerprint density at radius 1 is 1.14 bits per heavy atom. The first-order valence-corrected chi connectivity index (χ1v) is 6.87. The van der Waals surface area contributed by atoms with Gasteiger partial charge in [0.25, 0.3) is 0 Å². The lowest BCUT2D eigenvalue weighted by molar-refractivity contribution is 0.0994. The normalized spacial score (nSPS) is 14.9. The van der Waals surface area contributed by atoms with Gasteiger partial charge in [-0.3, -0.25) is 4.79 Å². The molecule has 1 atom stereocenters. The highest BCUT2D eigenvalue weighted by Crippen LogP contribution is 2.31. The number of carbonyl (C=O) groups excluding carboxylic acids is 1. The molecule has 0 unspecified atom stereocenters. The maximum Gasteiger partial charge on any atom is 0.163 e. The van der Waals surface area contributed by atoms with Crippen molar-refractivity contribution in [2.24, 2.45) is 0 Å². The van der Waals surface area contributed by atoms with Crippen molar-refractivity contribution < 1.29 is 19.0 Å². The summed E-state index contributed by atoms with van der Waals surface area (Å²) >= 11 is 0. The monoisotopic (exact) mass is 286 g/mol. The largest absolute Gasteiger partial charge is 0.490 e. The first kappa shape index (κ1) is 13.8. The van der Waals surface area contributed by atoms with E-state index in [0.717, 1.165) is 5.56 Å². The van der Waals surface area contributed by atoms with Crippen LogP contribution in [0.5, 0.6) is 5.75 Å². The number of fused-ring (bicyclic) bond motifs is 1. The lowest BCUT2D eigenvalue weighted by atomic mass is 10.1. The lowest BCUT2D eigenvalue weighted by Crippen LogP contribution is -2.12. The average Bonchev–Trinajstić information content (AvgIpc) is 2.87. The number of hydrogen-bond acceptors (Lipinski definition) is 3. The molecule has 3 rings (SSSR count). The number of hydrogen-bond donors (Lipinski definition) is 1. The summed E-state index contributed by atoms with van der Waals surface area (Å²) in [6, 6.07) is 11.4. The van der Waals surface area contributed by atoms with Gasteiger partial charge >= 0.3 is 0 Å². The van der Waals surface area contributed by atoms with Gasteiger partial charge in [-0.25, -0.2) is 4.39 Å². The van der Waals surface area contributed by atoms with Gasteiger partial charge in [-0.2, -0.15) is 0 Å². The highest BCUT2D eigenvalue weighted by atomic mass is 19.1. The van der Waals surface area contributed by atoms with Gasteiger partial charge in [0.2, 0.25) is 0 Å². The molecule has 1 N–H and O–H groups in total. The van der Waals surface area contributed by atoms with E-state index in [1.165, 1.54) is 12.1 Å². The number of aliphatic hydroxyl groups excluding tert-OH is 1. The molecule has 0 amide bonds. The van der Waals surface area contributed by atoms with E-state index in [1.807, 2.05) is 0 Å². The predicted octanol–water partition coefficient (Wildman–Crippen LogP) is 3.07. The fourth-order valence-corrected chi connectivity index (χ4v) is 2.60. The summed E-state index contributed by atoms with van der Waals surface area (Å²) in [4.78, 5) is 11.7. The topological polar surface area (TPSA) is 46.5 Å². The summed E-state index contributed by atoms with van der Waals surface area (Å²) in [6.07, 6.45) is 0.102. The van der Waals surface area contributed by atoms with Crippen molar-refractivity contribution >= 4 is 5.78 Å². The molecule has 3 nitrogen and oxygen atoms in total. The Kier molecular flexibility index (Phi) is 3.71. The first-order valence-electron chi connectivity index (χ1n) is 6.87. The zero-order valence-corrected chi connectivity index (χ0v) is 11.4. The third-order valence-corrected chi connectivity index (χ3v) is 3.70. The molecule has 1 aliphatic carbocycles. The molecule has 4 heteroatoms. The third-order valence-electron chi connectivity index (χ3n) is 3.70. The van der Waals surface area contributed by atoms with Crippen molar-refractivity contribution in [1.82, 2.24) is 0 Å². The van der Waals surface area contributed by atoms with Crippen molar-refractivity contribution in [2.45, 2.75) is 18.9 Å². The van der Waals surface area contributed by atoms with Crippen molar-refractivity contribution in [1.29, 1.82) is 0 Å². The summed E-state index contributed by atoms with van der Waals surface area (Å²) in [7, 11) is 0. The maximum absolute atomic E-state index is 13.6. The van der Waals surface area contributed by atoms with Crippen LogP contribution in [0.3, 0.4) is 0 Å². The van der Waals surface area contributed by atoms with E-state index in [9.17, 15) is 14.3 Å². The Labute approximate surface area is 122 Å². The maximum atomic E-state index is 13.6. The van der Waals surface area contributed by atoms with Crippen LogP contribution in [0.15, 0.2) is 42.5 Å². The summed E-state index contributed by atoms with van der Waals surface area (Å²) in [5.74, 6) is 0.251. The van der Waals surface area contributed by atoms with Crippen LogP contribution < -0.4 is 4.74 Å². The van der Waals surface area contributed by atoms with Crippen molar-refractivity contribution in [3.63, 3.8) is 0 Å². The molecule has 0 saturated carbocycles. The molecule has 0 radical (unpaired) electrons. The number of rotatable bonds is 4. The van der Waals surface area contributed by atoms with Crippen LogP contribution in [0.2, 0.25) is 0 Å². The van der Waals surface area contributed by atoms with Gasteiger partial charge in [0, 0.05) is 23.1 Å². The number of aliphatic hydroxyl groups is 1. The number of ether oxygens (including phenoxy) is 1. The van der Waals surface area contributed by atoms with Crippen LogP contribution in [-0.2, 0) is 6.42 Å². The van der Waals surface area contributed by atoms with Crippen LogP contribution in [-0.4, -0.2) is 17.5 Å². The molecule has 2 aromatic rings. The van der Waals surface area contributed by atoms with E-state index in [4.69, 9.17) is 4.74 Å². The first-order chi connectivity index (χ1) is 10.2. The molecule has 1 aliphatic rings. The Morgan fingerprint density at radius 3 is 2.76 bits per heavy atom. The van der Waals surface area contributed by atoms with Crippen LogP contribution in [0, 0.1) is 5.82 Å². The molecule has 0 saturated heterocycles. The van der Waals surface area contributed by atoms with Crippen molar-refractivity contribution in [3.05, 3.63) is 65.0 Å². The van der Waals surface area contributed by atoms with Gasteiger partial charge < -0.3 is 9.84 Å². The predicted molar refractivity (Wildman–Crippen MR) is 75.9 cm³/mol. The van der Waals surface area contributed by atoms with E-state index < -0.39 is 11.9 Å². The number of Topliss-reactive ketones (excluding diaryl/α,β-unsaturated/α-hetero) is 1. The molecule has 0 heterocycles. The Hall–Kier alpha value is -2.20. The Balaban J connectivity index is 1.74. The number of benzene rings is 2. The molecule has 0 spiro atoms. The van der Waals surface area contributed by atoms with Crippen LogP contribution in [0.1, 0.15) is 34.0 Å². The van der Waals surface area contributed by atoms with E-state index in [2.05, 4.69) is 0 Å². The molecule has 0 aromatic heterocycles. The van der Waals surface area contributed by atoms with Gasteiger partial charge in [-0.05, 0) is 18.6 Å². The highest BCUT2D eigenvalue weighted by Gasteiger charge is 2.23. The molecule has 21 heavy (non-hydrogen) atoms. The van der Waals surface area contributed by atoms with Crippen molar-refractivity contribution in [2.75, 3.05) is 6.61 Å². The van der Waals surface area contributed by atoms with Gasteiger partial charge in [-0.1, -0.05) is 30.3 Å². The van der Waals surface area contributed by atoms with Crippen molar-refractivity contribution in [3.8, 4) is 5.75 Å². The molecule has 0 aliphatic heterocycles. The number of halogens is 1. The van der Waals surface area contributed by atoms with Crippen LogP contribution in [0.25, 0.3) is 0 Å². The summed E-state index contributed by atoms with van der Waals surface area (Å²) in [6.45, 7) is -0.0500. The quantitative estimate of drug-likeness (QED) is 0.939. The van der Waals surface area contributed by atoms with Crippen LogP contribution in [0.4, 0.5) is 4.39 Å². The standard InChI is InChI=1S/C17H15FO3/c18-14-6-2-1-4-13(14)16(20)10-21-17-7-3-5-11-12(17)8-9-15(11)19/h1-7,16,20H,8-10H2/t16-/m0/s1. The fraction of sp³-hybridized carbons (Fsp3) is 0.235. The Morgan fingerprint density at radius 2 is 1.95 bits per heavy atom. The lowest BCUT2D eigenvalue weighted by Gasteiger charge is -2.15.